The van der Waals surface area contributed by atoms with E-state index >= 15 is 0 Å². The van der Waals surface area contributed by atoms with Gasteiger partial charge in [0.25, 0.3) is 0 Å². The van der Waals surface area contributed by atoms with Gasteiger partial charge < -0.3 is 20.1 Å². The van der Waals surface area contributed by atoms with Crippen molar-refractivity contribution in [2.45, 2.75) is 38.6 Å². The zero-order valence-corrected chi connectivity index (χ0v) is 11.7. The number of rotatable bonds is 6. The Bertz CT molecular complexity index is 309. The number of carboxylic acid groups (broad SMARTS) is 1. The lowest BCUT2D eigenvalue weighted by atomic mass is 9.85. The molecule has 2 unspecified atom stereocenters. The number of hydrogen-bond acceptors (Lipinski definition) is 3. The Balaban J connectivity index is 2.22. The van der Waals surface area contributed by atoms with E-state index in [1.807, 2.05) is 7.05 Å². The van der Waals surface area contributed by atoms with Crippen molar-refractivity contribution in [1.82, 2.24) is 10.2 Å². The molecule has 110 valence electrons. The van der Waals surface area contributed by atoms with Gasteiger partial charge in [-0.15, -0.1) is 0 Å². The monoisotopic (exact) mass is 272 g/mol. The lowest BCUT2D eigenvalue weighted by molar-refractivity contribution is -0.142. The zero-order chi connectivity index (χ0) is 14.3. The molecule has 1 rings (SSSR count). The van der Waals surface area contributed by atoms with Crippen LogP contribution < -0.4 is 5.32 Å². The fourth-order valence-corrected chi connectivity index (χ4v) is 2.54. The molecule has 2 atom stereocenters. The number of urea groups is 1. The lowest BCUT2D eigenvalue weighted by Crippen LogP contribution is -2.48. The second-order valence-corrected chi connectivity index (χ2v) is 5.12. The zero-order valence-electron chi connectivity index (χ0n) is 11.7. The minimum absolute atomic E-state index is 0.113. The summed E-state index contributed by atoms with van der Waals surface area (Å²) in [5.41, 5.74) is 0. The van der Waals surface area contributed by atoms with Crippen molar-refractivity contribution in [3.8, 4) is 0 Å². The van der Waals surface area contributed by atoms with Crippen LogP contribution in [0.15, 0.2) is 0 Å². The Morgan fingerprint density at radius 2 is 2.05 bits per heavy atom. The number of carboxylic acids is 1. The molecule has 0 aromatic heterocycles. The molecule has 1 aliphatic carbocycles. The molecule has 1 aliphatic rings. The third kappa shape index (κ3) is 5.46. The van der Waals surface area contributed by atoms with Crippen LogP contribution in [0.2, 0.25) is 0 Å². The standard InChI is InChI=1S/C13H24N2O4/c1-10-5-3-4-6-11(10)15(2)13(18)14-7-8-19-9-12(16)17/h10-11H,3-9H2,1-2H3,(H,14,18)(H,16,17). The minimum Gasteiger partial charge on any atom is -0.480 e. The Labute approximate surface area is 114 Å². The predicted octanol–water partition coefficient (Wildman–Crippen LogP) is 1.31. The minimum atomic E-state index is -1.00. The molecule has 0 radical (unpaired) electrons. The van der Waals surface area contributed by atoms with Gasteiger partial charge in [-0.1, -0.05) is 19.8 Å². The van der Waals surface area contributed by atoms with Crippen LogP contribution in [-0.4, -0.2) is 54.9 Å². The van der Waals surface area contributed by atoms with Crippen molar-refractivity contribution in [2.75, 3.05) is 26.8 Å². The summed E-state index contributed by atoms with van der Waals surface area (Å²) in [4.78, 5) is 23.9. The first-order valence-electron chi connectivity index (χ1n) is 6.82. The summed E-state index contributed by atoms with van der Waals surface area (Å²) in [6.45, 7) is 2.40. The maximum absolute atomic E-state index is 11.9. The van der Waals surface area contributed by atoms with E-state index in [1.54, 1.807) is 4.90 Å². The molecular formula is C13H24N2O4. The van der Waals surface area contributed by atoms with Gasteiger partial charge in [0.15, 0.2) is 0 Å². The molecule has 6 heteroatoms. The smallest absolute Gasteiger partial charge is 0.329 e. The first kappa shape index (κ1) is 15.8. The van der Waals surface area contributed by atoms with E-state index in [4.69, 9.17) is 9.84 Å². The number of aliphatic carboxylic acids is 1. The fraction of sp³-hybridized carbons (Fsp3) is 0.846. The van der Waals surface area contributed by atoms with Gasteiger partial charge in [-0.05, 0) is 18.8 Å². The number of ether oxygens (including phenoxy) is 1. The van der Waals surface area contributed by atoms with Crippen LogP contribution in [0.25, 0.3) is 0 Å². The van der Waals surface area contributed by atoms with Crippen LogP contribution in [-0.2, 0) is 9.53 Å². The topological polar surface area (TPSA) is 78.9 Å². The third-order valence-electron chi connectivity index (χ3n) is 3.63. The van der Waals surface area contributed by atoms with Crippen LogP contribution in [0.5, 0.6) is 0 Å². The molecule has 0 aliphatic heterocycles. The third-order valence-corrected chi connectivity index (χ3v) is 3.63. The Morgan fingerprint density at radius 3 is 2.68 bits per heavy atom. The van der Waals surface area contributed by atoms with Crippen LogP contribution >= 0.6 is 0 Å². The molecule has 1 saturated carbocycles. The van der Waals surface area contributed by atoms with Gasteiger partial charge in [0.1, 0.15) is 6.61 Å². The summed E-state index contributed by atoms with van der Waals surface area (Å²) in [5.74, 6) is -0.466. The van der Waals surface area contributed by atoms with Gasteiger partial charge in [-0.2, -0.15) is 0 Å². The van der Waals surface area contributed by atoms with Gasteiger partial charge >= 0.3 is 12.0 Å². The van der Waals surface area contributed by atoms with Gasteiger partial charge in [-0.25, -0.2) is 9.59 Å². The number of nitrogens with zero attached hydrogens (tertiary/aromatic N) is 1. The molecule has 19 heavy (non-hydrogen) atoms. The summed E-state index contributed by atoms with van der Waals surface area (Å²) < 4.78 is 4.86. The second kappa shape index (κ2) is 7.99. The maximum Gasteiger partial charge on any atom is 0.329 e. The summed E-state index contributed by atoms with van der Waals surface area (Å²) in [7, 11) is 1.82. The molecule has 0 aromatic carbocycles. The van der Waals surface area contributed by atoms with Crippen molar-refractivity contribution in [3.63, 3.8) is 0 Å². The van der Waals surface area contributed by atoms with Crippen molar-refractivity contribution in [1.29, 1.82) is 0 Å². The van der Waals surface area contributed by atoms with Crippen molar-refractivity contribution in [2.24, 2.45) is 5.92 Å². The number of carbonyl (C=O) groups excluding carboxylic acids is 1. The number of amides is 2. The van der Waals surface area contributed by atoms with Crippen molar-refractivity contribution >= 4 is 12.0 Å². The van der Waals surface area contributed by atoms with Gasteiger partial charge in [0.2, 0.25) is 0 Å². The Hall–Kier alpha value is -1.30. The second-order valence-electron chi connectivity index (χ2n) is 5.12. The molecule has 2 amide bonds. The van der Waals surface area contributed by atoms with Gasteiger partial charge in [0, 0.05) is 19.6 Å². The molecule has 0 aromatic rings. The first-order valence-corrected chi connectivity index (χ1v) is 6.82. The highest BCUT2D eigenvalue weighted by molar-refractivity contribution is 5.74. The van der Waals surface area contributed by atoms with Gasteiger partial charge in [-0.3, -0.25) is 0 Å². The van der Waals surface area contributed by atoms with Crippen LogP contribution in [0.4, 0.5) is 4.79 Å². The molecule has 0 saturated heterocycles. The number of nitrogens with one attached hydrogen (secondary N) is 1. The van der Waals surface area contributed by atoms with E-state index in [0.29, 0.717) is 18.5 Å². The molecule has 0 spiro atoms. The molecule has 1 fully saturated rings. The van der Waals surface area contributed by atoms with E-state index in [-0.39, 0.29) is 19.2 Å². The molecule has 0 bridgehead atoms. The SMILES string of the molecule is CC1CCCCC1N(C)C(=O)NCCOCC(=O)O. The maximum atomic E-state index is 11.9. The van der Waals surface area contributed by atoms with Crippen molar-refractivity contribution < 1.29 is 19.4 Å². The Morgan fingerprint density at radius 1 is 1.37 bits per heavy atom. The summed E-state index contributed by atoms with van der Waals surface area (Å²) in [5, 5.41) is 11.1. The summed E-state index contributed by atoms with van der Waals surface area (Å²) in [6.07, 6.45) is 4.65. The quantitative estimate of drug-likeness (QED) is 0.714. The highest BCUT2D eigenvalue weighted by Gasteiger charge is 2.27. The van der Waals surface area contributed by atoms with Crippen molar-refractivity contribution in [3.05, 3.63) is 0 Å². The lowest BCUT2D eigenvalue weighted by Gasteiger charge is -2.36. The van der Waals surface area contributed by atoms with E-state index < -0.39 is 5.97 Å². The fourth-order valence-electron chi connectivity index (χ4n) is 2.54. The number of carbonyl (C=O) groups is 2. The van der Waals surface area contributed by atoms with Crippen LogP contribution in [0.1, 0.15) is 32.6 Å². The molecular weight excluding hydrogens is 248 g/mol. The highest BCUT2D eigenvalue weighted by Crippen LogP contribution is 2.27. The summed E-state index contributed by atoms with van der Waals surface area (Å²) in [6, 6.07) is 0.186. The molecule has 6 nitrogen and oxygen atoms in total. The van der Waals surface area contributed by atoms with E-state index in [2.05, 4.69) is 12.2 Å². The van der Waals surface area contributed by atoms with E-state index in [1.165, 1.54) is 19.3 Å². The largest absolute Gasteiger partial charge is 0.480 e. The first-order chi connectivity index (χ1) is 9.02. The van der Waals surface area contributed by atoms with Gasteiger partial charge in [0.05, 0.1) is 6.61 Å². The van der Waals surface area contributed by atoms with Crippen LogP contribution in [0, 0.1) is 5.92 Å². The van der Waals surface area contributed by atoms with E-state index in [0.717, 1.165) is 6.42 Å². The molecule has 0 heterocycles. The normalized spacial score (nSPS) is 22.8. The average molecular weight is 272 g/mol. The predicted molar refractivity (Wildman–Crippen MR) is 71.0 cm³/mol. The van der Waals surface area contributed by atoms with E-state index in [9.17, 15) is 9.59 Å². The highest BCUT2D eigenvalue weighted by atomic mass is 16.5. The number of hydrogen-bond donors (Lipinski definition) is 2. The van der Waals surface area contributed by atoms with Crippen LogP contribution in [0.3, 0.4) is 0 Å². The average Bonchev–Trinajstić information content (AvgIpc) is 2.37. The summed E-state index contributed by atoms with van der Waals surface area (Å²) >= 11 is 0. The Kier molecular flexibility index (Phi) is 6.62. The molecule has 2 N–H and O–H groups in total.